The number of carbonyl (C=O) groups is 1. The van der Waals surface area contributed by atoms with Gasteiger partial charge in [0.1, 0.15) is 23.0 Å². The topological polar surface area (TPSA) is 124 Å². The highest BCUT2D eigenvalue weighted by atomic mass is 32.2. The van der Waals surface area contributed by atoms with Crippen LogP contribution in [-0.2, 0) is 21.4 Å². The molecule has 0 heterocycles. The third-order valence-electron chi connectivity index (χ3n) is 4.85. The van der Waals surface area contributed by atoms with E-state index in [0.29, 0.717) is 27.7 Å². The number of sulfonamides is 1. The summed E-state index contributed by atoms with van der Waals surface area (Å²) in [4.78, 5) is 11.1. The zero-order valence-corrected chi connectivity index (χ0v) is 20.5. The lowest BCUT2D eigenvalue weighted by Gasteiger charge is -2.24. The van der Waals surface area contributed by atoms with Gasteiger partial charge in [-0.1, -0.05) is 0 Å². The summed E-state index contributed by atoms with van der Waals surface area (Å²) < 4.78 is 76.2. The Balaban J connectivity index is 2.34. The summed E-state index contributed by atoms with van der Waals surface area (Å²) in [6.07, 6.45) is 1.27. The Labute approximate surface area is 201 Å². The van der Waals surface area contributed by atoms with Crippen LogP contribution in [0.25, 0.3) is 6.08 Å². The average Bonchev–Trinajstić information content (AvgIpc) is 2.81. The summed E-state index contributed by atoms with van der Waals surface area (Å²) in [5, 5.41) is 9.62. The number of benzene rings is 2. The van der Waals surface area contributed by atoms with Crippen LogP contribution in [0.2, 0.25) is 0 Å². The Bertz CT molecular complexity index is 1180. The number of likely N-dealkylation sites (N-methyl/N-ethyl adjacent to an activating group) is 1. The van der Waals surface area contributed by atoms with Crippen LogP contribution in [0.5, 0.6) is 23.0 Å². The SMILES string of the molecule is COc1cc(OC)c(C=CS(=O)(=O)Nc2ccc(OC)c(CN(C)C(F)(F)C(=O)O)c2)c(OC)c1. The van der Waals surface area contributed by atoms with Crippen molar-refractivity contribution in [3.8, 4) is 23.0 Å². The van der Waals surface area contributed by atoms with Gasteiger partial charge < -0.3 is 24.1 Å². The number of rotatable bonds is 12. The van der Waals surface area contributed by atoms with Crippen molar-refractivity contribution in [2.75, 3.05) is 40.2 Å². The number of alkyl halides is 2. The summed E-state index contributed by atoms with van der Waals surface area (Å²) in [7, 11) is 2.42. The van der Waals surface area contributed by atoms with Crippen molar-refractivity contribution >= 4 is 27.8 Å². The third kappa shape index (κ3) is 6.73. The minimum absolute atomic E-state index is 0.0474. The lowest BCUT2D eigenvalue weighted by molar-refractivity contribution is -0.194. The summed E-state index contributed by atoms with van der Waals surface area (Å²) >= 11 is 0. The van der Waals surface area contributed by atoms with E-state index in [1.54, 1.807) is 12.1 Å². The number of carboxylic acids is 1. The van der Waals surface area contributed by atoms with Crippen LogP contribution in [0, 0.1) is 0 Å². The molecule has 0 aliphatic carbocycles. The fourth-order valence-electron chi connectivity index (χ4n) is 3.04. The molecule has 10 nitrogen and oxygen atoms in total. The molecule has 0 spiro atoms. The van der Waals surface area contributed by atoms with Gasteiger partial charge in [0.2, 0.25) is 0 Å². The standard InChI is InChI=1S/C22H26F2N2O8S/c1-26(22(23,24)21(27)28)13-14-10-15(6-7-18(14)32-3)25-35(29,30)9-8-17-19(33-4)11-16(31-2)12-20(17)34-5/h6-12,25H,13H2,1-5H3,(H,27,28). The summed E-state index contributed by atoms with van der Waals surface area (Å²) in [5.41, 5.74) is 0.527. The van der Waals surface area contributed by atoms with Gasteiger partial charge in [-0.05, 0) is 31.3 Å². The van der Waals surface area contributed by atoms with E-state index in [1.807, 2.05) is 0 Å². The summed E-state index contributed by atoms with van der Waals surface area (Å²) in [6.45, 7) is -0.534. The number of aliphatic carboxylic acids is 1. The Hall–Kier alpha value is -3.58. The molecule has 0 aliphatic heterocycles. The molecule has 35 heavy (non-hydrogen) atoms. The lowest BCUT2D eigenvalue weighted by atomic mass is 10.1. The fourth-order valence-corrected chi connectivity index (χ4v) is 3.88. The fraction of sp³-hybridized carbons (Fsp3) is 0.318. The summed E-state index contributed by atoms with van der Waals surface area (Å²) in [5.74, 6) is -1.08. The molecule has 0 aromatic heterocycles. The normalized spacial score (nSPS) is 12.0. The highest BCUT2D eigenvalue weighted by molar-refractivity contribution is 7.95. The molecule has 0 fully saturated rings. The number of nitrogens with one attached hydrogen (secondary N) is 1. The second kappa shape index (κ2) is 11.2. The monoisotopic (exact) mass is 516 g/mol. The van der Waals surface area contributed by atoms with E-state index in [0.717, 1.165) is 12.5 Å². The molecular weight excluding hydrogens is 490 g/mol. The highest BCUT2D eigenvalue weighted by Gasteiger charge is 2.43. The molecule has 2 aromatic carbocycles. The van der Waals surface area contributed by atoms with E-state index in [2.05, 4.69) is 4.72 Å². The molecule has 13 heteroatoms. The maximum Gasteiger partial charge on any atom is 0.401 e. The van der Waals surface area contributed by atoms with Gasteiger partial charge >= 0.3 is 12.0 Å². The first-order chi connectivity index (χ1) is 16.4. The lowest BCUT2D eigenvalue weighted by Crippen LogP contribution is -2.44. The van der Waals surface area contributed by atoms with Crippen LogP contribution in [0.4, 0.5) is 14.5 Å². The Morgan fingerprint density at radius 2 is 1.60 bits per heavy atom. The zero-order chi connectivity index (χ0) is 26.4. The molecule has 2 rings (SSSR count). The van der Waals surface area contributed by atoms with Gasteiger partial charge in [-0.3, -0.25) is 4.72 Å². The largest absolute Gasteiger partial charge is 0.496 e. The molecule has 0 saturated carbocycles. The van der Waals surface area contributed by atoms with Crippen molar-refractivity contribution in [1.82, 2.24) is 4.90 Å². The Morgan fingerprint density at radius 1 is 1.03 bits per heavy atom. The smallest absolute Gasteiger partial charge is 0.401 e. The average molecular weight is 517 g/mol. The Kier molecular flexibility index (Phi) is 8.88. The van der Waals surface area contributed by atoms with Crippen molar-refractivity contribution < 1.29 is 46.0 Å². The van der Waals surface area contributed by atoms with Crippen molar-refractivity contribution in [3.05, 3.63) is 46.9 Å². The molecule has 2 N–H and O–H groups in total. The highest BCUT2D eigenvalue weighted by Crippen LogP contribution is 2.35. The van der Waals surface area contributed by atoms with Gasteiger partial charge in [0, 0.05) is 29.9 Å². The third-order valence-corrected chi connectivity index (χ3v) is 5.87. The number of carboxylic acid groups (broad SMARTS) is 1. The van der Waals surface area contributed by atoms with E-state index >= 15 is 0 Å². The molecule has 0 atom stereocenters. The van der Waals surface area contributed by atoms with Crippen LogP contribution in [0.3, 0.4) is 0 Å². The van der Waals surface area contributed by atoms with Gasteiger partial charge in [0.05, 0.1) is 39.4 Å². The number of anilines is 1. The minimum Gasteiger partial charge on any atom is -0.496 e. The van der Waals surface area contributed by atoms with Crippen LogP contribution >= 0.6 is 0 Å². The predicted molar refractivity (Wildman–Crippen MR) is 125 cm³/mol. The molecule has 0 radical (unpaired) electrons. The van der Waals surface area contributed by atoms with Gasteiger partial charge in [0.15, 0.2) is 0 Å². The van der Waals surface area contributed by atoms with Crippen LogP contribution in [0.15, 0.2) is 35.7 Å². The number of hydrogen-bond donors (Lipinski definition) is 2. The first kappa shape index (κ1) is 27.7. The van der Waals surface area contributed by atoms with Crippen LogP contribution in [-0.4, -0.2) is 65.9 Å². The van der Waals surface area contributed by atoms with Crippen molar-refractivity contribution in [1.29, 1.82) is 0 Å². The molecule has 0 unspecified atom stereocenters. The quantitative estimate of drug-likeness (QED) is 0.409. The molecule has 0 bridgehead atoms. The number of nitrogens with zero attached hydrogens (tertiary/aromatic N) is 1. The van der Waals surface area contributed by atoms with E-state index in [-0.39, 0.29) is 17.0 Å². The van der Waals surface area contributed by atoms with E-state index in [4.69, 9.17) is 24.1 Å². The number of halogens is 2. The second-order valence-electron chi connectivity index (χ2n) is 7.12. The minimum atomic E-state index is -4.14. The zero-order valence-electron chi connectivity index (χ0n) is 19.7. The van der Waals surface area contributed by atoms with Crippen LogP contribution < -0.4 is 23.7 Å². The molecular formula is C22H26F2N2O8S. The predicted octanol–water partition coefficient (Wildman–Crippen LogP) is 3.24. The van der Waals surface area contributed by atoms with Crippen molar-refractivity contribution in [2.24, 2.45) is 0 Å². The van der Waals surface area contributed by atoms with Gasteiger partial charge in [-0.2, -0.15) is 8.78 Å². The van der Waals surface area contributed by atoms with E-state index in [1.165, 1.54) is 52.7 Å². The second-order valence-corrected chi connectivity index (χ2v) is 8.69. The Morgan fingerprint density at radius 3 is 2.09 bits per heavy atom. The maximum absolute atomic E-state index is 13.8. The van der Waals surface area contributed by atoms with E-state index < -0.39 is 28.6 Å². The molecule has 2 aromatic rings. The number of ether oxygens (including phenoxy) is 4. The molecule has 0 aliphatic rings. The van der Waals surface area contributed by atoms with Crippen LogP contribution in [0.1, 0.15) is 11.1 Å². The molecule has 0 amide bonds. The van der Waals surface area contributed by atoms with E-state index in [9.17, 15) is 22.0 Å². The first-order valence-electron chi connectivity index (χ1n) is 9.88. The van der Waals surface area contributed by atoms with Crippen molar-refractivity contribution in [2.45, 2.75) is 12.6 Å². The molecule has 192 valence electrons. The number of hydrogen-bond acceptors (Lipinski definition) is 8. The van der Waals surface area contributed by atoms with Gasteiger partial charge in [-0.15, -0.1) is 0 Å². The first-order valence-corrected chi connectivity index (χ1v) is 11.4. The number of methoxy groups -OCH3 is 4. The van der Waals surface area contributed by atoms with Gasteiger partial charge in [0.25, 0.3) is 10.0 Å². The molecule has 0 saturated heterocycles. The maximum atomic E-state index is 13.8. The summed E-state index contributed by atoms with van der Waals surface area (Å²) in [6, 6.07) is 2.99. The van der Waals surface area contributed by atoms with Crippen molar-refractivity contribution in [3.63, 3.8) is 0 Å². The van der Waals surface area contributed by atoms with Gasteiger partial charge in [-0.25, -0.2) is 18.1 Å².